The van der Waals surface area contributed by atoms with E-state index in [1.807, 2.05) is 6.92 Å². The number of aryl methyl sites for hydroxylation is 1. The summed E-state index contributed by atoms with van der Waals surface area (Å²) in [7, 11) is 0. The first kappa shape index (κ1) is 12.6. The maximum Gasteiger partial charge on any atom is 0.337 e. The van der Waals surface area contributed by atoms with Crippen molar-refractivity contribution in [2.45, 2.75) is 26.2 Å². The fourth-order valence-electron chi connectivity index (χ4n) is 1.48. The van der Waals surface area contributed by atoms with Crippen molar-refractivity contribution in [1.29, 1.82) is 0 Å². The number of carbonyl (C=O) groups is 1. The van der Waals surface area contributed by atoms with Gasteiger partial charge in [0, 0.05) is 0 Å². The molecule has 0 spiro atoms. The second kappa shape index (κ2) is 5.07. The third kappa shape index (κ3) is 2.39. The SMILES string of the molecule is CCCCc1cc(C(=O)O)c(Cl)c(N)c1N. The van der Waals surface area contributed by atoms with Crippen LogP contribution in [0.15, 0.2) is 6.07 Å². The van der Waals surface area contributed by atoms with Crippen molar-refractivity contribution in [3.8, 4) is 0 Å². The third-order valence-corrected chi connectivity index (χ3v) is 2.86. The molecule has 5 N–H and O–H groups in total. The van der Waals surface area contributed by atoms with Gasteiger partial charge in [-0.05, 0) is 24.5 Å². The molecule has 1 aromatic carbocycles. The summed E-state index contributed by atoms with van der Waals surface area (Å²) in [5.41, 5.74) is 12.8. The van der Waals surface area contributed by atoms with Crippen LogP contribution in [0.1, 0.15) is 35.7 Å². The van der Waals surface area contributed by atoms with Crippen molar-refractivity contribution in [1.82, 2.24) is 0 Å². The highest BCUT2D eigenvalue weighted by Gasteiger charge is 2.16. The van der Waals surface area contributed by atoms with Crippen LogP contribution in [0.25, 0.3) is 0 Å². The van der Waals surface area contributed by atoms with Crippen LogP contribution in [0, 0.1) is 0 Å². The predicted octanol–water partition coefficient (Wildman–Crippen LogP) is 2.55. The number of nitrogen functional groups attached to an aromatic ring is 2. The highest BCUT2D eigenvalue weighted by atomic mass is 35.5. The summed E-state index contributed by atoms with van der Waals surface area (Å²) in [6.45, 7) is 2.05. The van der Waals surface area contributed by atoms with Crippen LogP contribution >= 0.6 is 11.6 Å². The Balaban J connectivity index is 3.24. The number of benzene rings is 1. The quantitative estimate of drug-likeness (QED) is 0.708. The van der Waals surface area contributed by atoms with Crippen LogP contribution in [-0.2, 0) is 6.42 Å². The number of halogens is 1. The Bertz CT molecular complexity index is 419. The third-order valence-electron chi connectivity index (χ3n) is 2.46. The normalized spacial score (nSPS) is 10.4. The monoisotopic (exact) mass is 242 g/mol. The van der Waals surface area contributed by atoms with E-state index in [2.05, 4.69) is 0 Å². The summed E-state index contributed by atoms with van der Waals surface area (Å²) in [6, 6.07) is 1.51. The van der Waals surface area contributed by atoms with E-state index in [1.54, 1.807) is 0 Å². The van der Waals surface area contributed by atoms with Gasteiger partial charge in [-0.3, -0.25) is 0 Å². The van der Waals surface area contributed by atoms with Crippen molar-refractivity contribution in [3.63, 3.8) is 0 Å². The van der Waals surface area contributed by atoms with Crippen molar-refractivity contribution in [3.05, 3.63) is 22.2 Å². The molecule has 0 bridgehead atoms. The van der Waals surface area contributed by atoms with Crippen LogP contribution in [0.5, 0.6) is 0 Å². The molecule has 0 heterocycles. The summed E-state index contributed by atoms with van der Waals surface area (Å²) in [5.74, 6) is -1.09. The summed E-state index contributed by atoms with van der Waals surface area (Å²) in [6.07, 6.45) is 2.65. The highest BCUT2D eigenvalue weighted by molar-refractivity contribution is 6.36. The Labute approximate surface area is 99.2 Å². The van der Waals surface area contributed by atoms with E-state index in [1.165, 1.54) is 6.07 Å². The molecule has 5 heteroatoms. The van der Waals surface area contributed by atoms with Gasteiger partial charge in [-0.2, -0.15) is 0 Å². The molecule has 88 valence electrons. The van der Waals surface area contributed by atoms with Crippen molar-refractivity contribution in [2.24, 2.45) is 0 Å². The molecule has 0 radical (unpaired) electrons. The molecule has 4 nitrogen and oxygen atoms in total. The van der Waals surface area contributed by atoms with E-state index in [0.29, 0.717) is 12.1 Å². The molecule has 16 heavy (non-hydrogen) atoms. The lowest BCUT2D eigenvalue weighted by molar-refractivity contribution is 0.0697. The number of anilines is 2. The molecule has 1 rings (SSSR count). The van der Waals surface area contributed by atoms with Crippen LogP contribution in [0.4, 0.5) is 11.4 Å². The number of carboxylic acids is 1. The number of carboxylic acid groups (broad SMARTS) is 1. The first-order chi connectivity index (χ1) is 7.49. The molecule has 0 amide bonds. The summed E-state index contributed by atoms with van der Waals surface area (Å²) < 4.78 is 0. The Hall–Kier alpha value is -1.42. The van der Waals surface area contributed by atoms with Gasteiger partial charge in [0.2, 0.25) is 0 Å². The molecule has 0 fully saturated rings. The van der Waals surface area contributed by atoms with Crippen LogP contribution < -0.4 is 11.5 Å². The van der Waals surface area contributed by atoms with Gasteiger partial charge < -0.3 is 16.6 Å². The number of unbranched alkanes of at least 4 members (excludes halogenated alkanes) is 1. The molecule has 0 aromatic heterocycles. The first-order valence-electron chi connectivity index (χ1n) is 5.08. The second-order valence-electron chi connectivity index (χ2n) is 3.63. The number of rotatable bonds is 4. The van der Waals surface area contributed by atoms with Crippen LogP contribution in [0.3, 0.4) is 0 Å². The van der Waals surface area contributed by atoms with Gasteiger partial charge in [-0.15, -0.1) is 0 Å². The van der Waals surface area contributed by atoms with Crippen LogP contribution in [-0.4, -0.2) is 11.1 Å². The van der Waals surface area contributed by atoms with Crippen molar-refractivity contribution >= 4 is 28.9 Å². The van der Waals surface area contributed by atoms with Crippen molar-refractivity contribution in [2.75, 3.05) is 11.5 Å². The van der Waals surface area contributed by atoms with E-state index in [0.717, 1.165) is 18.4 Å². The number of nitrogens with two attached hydrogens (primary N) is 2. The predicted molar refractivity (Wildman–Crippen MR) is 65.8 cm³/mol. The molecule has 0 aliphatic heterocycles. The lowest BCUT2D eigenvalue weighted by Gasteiger charge is -2.12. The smallest absolute Gasteiger partial charge is 0.337 e. The molecular weight excluding hydrogens is 228 g/mol. The first-order valence-corrected chi connectivity index (χ1v) is 5.46. The molecule has 0 aliphatic rings. The van der Waals surface area contributed by atoms with Crippen molar-refractivity contribution < 1.29 is 9.90 Å². The lowest BCUT2D eigenvalue weighted by Crippen LogP contribution is -2.07. The molecule has 1 aromatic rings. The lowest BCUT2D eigenvalue weighted by atomic mass is 10.0. The Morgan fingerprint density at radius 3 is 2.56 bits per heavy atom. The number of aromatic carboxylic acids is 1. The maximum absolute atomic E-state index is 10.9. The molecular formula is C11H15ClN2O2. The van der Waals surface area contributed by atoms with Gasteiger partial charge in [0.15, 0.2) is 0 Å². The Morgan fingerprint density at radius 1 is 1.44 bits per heavy atom. The minimum Gasteiger partial charge on any atom is -0.478 e. The fourth-order valence-corrected chi connectivity index (χ4v) is 1.72. The summed E-state index contributed by atoms with van der Waals surface area (Å²) in [4.78, 5) is 10.9. The van der Waals surface area contributed by atoms with Gasteiger partial charge in [0.25, 0.3) is 0 Å². The van der Waals surface area contributed by atoms with E-state index in [9.17, 15) is 4.79 Å². The van der Waals surface area contributed by atoms with E-state index >= 15 is 0 Å². The minimum absolute atomic E-state index is 0.0134. The zero-order chi connectivity index (χ0) is 12.3. The van der Waals surface area contributed by atoms with E-state index in [-0.39, 0.29) is 16.3 Å². The average Bonchev–Trinajstić information content (AvgIpc) is 2.24. The minimum atomic E-state index is -1.09. The summed E-state index contributed by atoms with van der Waals surface area (Å²) >= 11 is 5.81. The molecule has 0 saturated heterocycles. The molecule has 0 saturated carbocycles. The van der Waals surface area contributed by atoms with Gasteiger partial charge >= 0.3 is 5.97 Å². The van der Waals surface area contributed by atoms with E-state index < -0.39 is 5.97 Å². The van der Waals surface area contributed by atoms with Gasteiger partial charge in [0.05, 0.1) is 22.0 Å². The molecule has 0 unspecified atom stereocenters. The standard InChI is InChI=1S/C11H15ClN2O2/c1-2-3-4-6-5-7(11(15)16)8(12)10(14)9(6)13/h5H,2-4,13-14H2,1H3,(H,15,16). The van der Waals surface area contributed by atoms with Crippen LogP contribution in [0.2, 0.25) is 5.02 Å². The second-order valence-corrected chi connectivity index (χ2v) is 4.01. The Morgan fingerprint density at radius 2 is 2.06 bits per heavy atom. The zero-order valence-electron chi connectivity index (χ0n) is 9.09. The largest absolute Gasteiger partial charge is 0.478 e. The summed E-state index contributed by atoms with van der Waals surface area (Å²) in [5, 5.41) is 8.97. The molecule has 0 aliphatic carbocycles. The fraction of sp³-hybridized carbons (Fsp3) is 0.364. The van der Waals surface area contributed by atoms with E-state index in [4.69, 9.17) is 28.2 Å². The highest BCUT2D eigenvalue weighted by Crippen LogP contribution is 2.33. The maximum atomic E-state index is 10.9. The van der Waals surface area contributed by atoms with Gasteiger partial charge in [-0.25, -0.2) is 4.79 Å². The average molecular weight is 243 g/mol. The number of hydrogen-bond donors (Lipinski definition) is 3. The number of hydrogen-bond acceptors (Lipinski definition) is 3. The topological polar surface area (TPSA) is 89.3 Å². The zero-order valence-corrected chi connectivity index (χ0v) is 9.84. The van der Waals surface area contributed by atoms with Gasteiger partial charge in [-0.1, -0.05) is 24.9 Å². The molecule has 0 atom stereocenters. The van der Waals surface area contributed by atoms with Gasteiger partial charge in [0.1, 0.15) is 0 Å². The Kier molecular flexibility index (Phi) is 4.01.